The van der Waals surface area contributed by atoms with E-state index < -0.39 is 0 Å². The highest BCUT2D eigenvalue weighted by atomic mass is 79.9. The smallest absolute Gasteiger partial charge is 0.136 e. The van der Waals surface area contributed by atoms with Crippen LogP contribution in [0, 0.1) is 5.92 Å². The van der Waals surface area contributed by atoms with Crippen molar-refractivity contribution in [2.45, 2.75) is 6.54 Å². The van der Waals surface area contributed by atoms with Crippen LogP contribution in [0.4, 0.5) is 5.82 Å². The summed E-state index contributed by atoms with van der Waals surface area (Å²) < 4.78 is 3.04. The van der Waals surface area contributed by atoms with Crippen molar-refractivity contribution in [2.24, 2.45) is 5.92 Å². The van der Waals surface area contributed by atoms with Gasteiger partial charge in [-0.1, -0.05) is 24.3 Å². The molecule has 4 rings (SSSR count). The summed E-state index contributed by atoms with van der Waals surface area (Å²) in [7, 11) is 0. The summed E-state index contributed by atoms with van der Waals surface area (Å²) in [6.07, 6.45) is 5.76. The third kappa shape index (κ3) is 2.42. The van der Waals surface area contributed by atoms with E-state index in [0.29, 0.717) is 5.92 Å². The molecule has 0 spiro atoms. The van der Waals surface area contributed by atoms with Crippen LogP contribution in [-0.2, 0) is 6.54 Å². The van der Waals surface area contributed by atoms with E-state index in [1.807, 2.05) is 23.3 Å². The van der Waals surface area contributed by atoms with Crippen molar-refractivity contribution in [3.63, 3.8) is 0 Å². The number of hydrogen-bond acceptors (Lipinski definition) is 3. The second-order valence-corrected chi connectivity index (χ2v) is 6.42. The highest BCUT2D eigenvalue weighted by Gasteiger charge is 2.29. The fourth-order valence-corrected chi connectivity index (χ4v) is 3.24. The lowest BCUT2D eigenvalue weighted by molar-refractivity contribution is 0.341. The largest absolute Gasteiger partial charge is 0.355 e. The van der Waals surface area contributed by atoms with Gasteiger partial charge in [-0.05, 0) is 27.4 Å². The van der Waals surface area contributed by atoms with E-state index in [9.17, 15) is 0 Å². The number of nitrogens with zero attached hydrogens (tertiary/aromatic N) is 4. The fraction of sp³-hybridized carbons (Fsp3) is 0.250. The van der Waals surface area contributed by atoms with Crippen LogP contribution in [-0.4, -0.2) is 27.9 Å². The van der Waals surface area contributed by atoms with Gasteiger partial charge in [0.15, 0.2) is 0 Å². The average molecular weight is 343 g/mol. The first-order valence-corrected chi connectivity index (χ1v) is 7.85. The molecule has 4 nitrogen and oxygen atoms in total. The predicted octanol–water partition coefficient (Wildman–Crippen LogP) is 3.33. The summed E-state index contributed by atoms with van der Waals surface area (Å²) in [5, 5.41) is 6.81. The van der Waals surface area contributed by atoms with Gasteiger partial charge in [-0.2, -0.15) is 5.10 Å². The maximum absolute atomic E-state index is 4.57. The number of aromatic nitrogens is 3. The van der Waals surface area contributed by atoms with Crippen molar-refractivity contribution < 1.29 is 0 Å². The normalized spacial score (nSPS) is 15.4. The quantitative estimate of drug-likeness (QED) is 0.732. The minimum atomic E-state index is 0.637. The van der Waals surface area contributed by atoms with Crippen molar-refractivity contribution in [1.29, 1.82) is 0 Å². The van der Waals surface area contributed by atoms with Gasteiger partial charge in [0.25, 0.3) is 0 Å². The maximum Gasteiger partial charge on any atom is 0.136 e. The molecule has 3 aromatic rings. The van der Waals surface area contributed by atoms with Gasteiger partial charge < -0.3 is 4.90 Å². The molecule has 0 unspecified atom stereocenters. The Morgan fingerprint density at radius 1 is 1.19 bits per heavy atom. The van der Waals surface area contributed by atoms with Crippen LogP contribution < -0.4 is 4.90 Å². The third-order valence-electron chi connectivity index (χ3n) is 3.96. The molecule has 21 heavy (non-hydrogen) atoms. The van der Waals surface area contributed by atoms with Gasteiger partial charge >= 0.3 is 0 Å². The van der Waals surface area contributed by atoms with Gasteiger partial charge in [-0.3, -0.25) is 4.68 Å². The van der Waals surface area contributed by atoms with E-state index in [1.165, 1.54) is 10.8 Å². The lowest BCUT2D eigenvalue weighted by atomic mass is 9.99. The molecule has 0 N–H and O–H groups in total. The van der Waals surface area contributed by atoms with E-state index in [-0.39, 0.29) is 0 Å². The molecule has 3 heterocycles. The summed E-state index contributed by atoms with van der Waals surface area (Å²) in [6, 6.07) is 10.5. The Balaban J connectivity index is 1.49. The zero-order chi connectivity index (χ0) is 14.2. The van der Waals surface area contributed by atoms with E-state index >= 15 is 0 Å². The monoisotopic (exact) mass is 342 g/mol. The van der Waals surface area contributed by atoms with E-state index in [2.05, 4.69) is 61.2 Å². The maximum atomic E-state index is 4.57. The molecule has 0 saturated carbocycles. The summed E-state index contributed by atoms with van der Waals surface area (Å²) in [5.41, 5.74) is 0. The van der Waals surface area contributed by atoms with Gasteiger partial charge in [0.1, 0.15) is 5.82 Å². The molecular formula is C16H15BrN4. The van der Waals surface area contributed by atoms with Crippen molar-refractivity contribution in [1.82, 2.24) is 14.8 Å². The molecular weight excluding hydrogens is 328 g/mol. The Morgan fingerprint density at radius 3 is 2.86 bits per heavy atom. The average Bonchev–Trinajstić information content (AvgIpc) is 2.87. The summed E-state index contributed by atoms with van der Waals surface area (Å²) in [6.45, 7) is 3.05. The van der Waals surface area contributed by atoms with Gasteiger partial charge in [0.05, 0.1) is 10.7 Å². The molecule has 0 amide bonds. The molecule has 0 atom stereocenters. The number of benzene rings is 1. The standard InChI is InChI=1S/C16H15BrN4/c17-14-7-19-21(11-14)10-12-8-20(9-12)16-15-4-2-1-3-13(15)5-6-18-16/h1-7,11-12H,8-10H2. The molecule has 2 aromatic heterocycles. The van der Waals surface area contributed by atoms with Crippen LogP contribution in [0.1, 0.15) is 0 Å². The molecule has 1 aromatic carbocycles. The second-order valence-electron chi connectivity index (χ2n) is 5.51. The number of halogens is 1. The van der Waals surface area contributed by atoms with Gasteiger partial charge in [0, 0.05) is 43.3 Å². The van der Waals surface area contributed by atoms with Crippen molar-refractivity contribution in [3.8, 4) is 0 Å². The molecule has 1 aliphatic heterocycles. The van der Waals surface area contributed by atoms with Crippen LogP contribution in [0.5, 0.6) is 0 Å². The first-order chi connectivity index (χ1) is 10.3. The van der Waals surface area contributed by atoms with Crippen molar-refractivity contribution in [3.05, 3.63) is 53.4 Å². The lowest BCUT2D eigenvalue weighted by Gasteiger charge is -2.40. The van der Waals surface area contributed by atoms with Gasteiger partial charge in [-0.15, -0.1) is 0 Å². The van der Waals surface area contributed by atoms with Crippen LogP contribution in [0.3, 0.4) is 0 Å². The zero-order valence-electron chi connectivity index (χ0n) is 11.5. The fourth-order valence-electron chi connectivity index (χ4n) is 2.92. The molecule has 0 radical (unpaired) electrons. The summed E-state index contributed by atoms with van der Waals surface area (Å²) in [4.78, 5) is 6.92. The molecule has 106 valence electrons. The summed E-state index contributed by atoms with van der Waals surface area (Å²) >= 11 is 3.43. The minimum Gasteiger partial charge on any atom is -0.355 e. The highest BCUT2D eigenvalue weighted by molar-refractivity contribution is 9.10. The Kier molecular flexibility index (Phi) is 3.15. The topological polar surface area (TPSA) is 34.0 Å². The van der Waals surface area contributed by atoms with Crippen molar-refractivity contribution >= 4 is 32.5 Å². The first-order valence-electron chi connectivity index (χ1n) is 7.06. The molecule has 0 bridgehead atoms. The zero-order valence-corrected chi connectivity index (χ0v) is 13.1. The summed E-state index contributed by atoms with van der Waals surface area (Å²) in [5.74, 6) is 1.74. The second kappa shape index (κ2) is 5.15. The Labute approximate surface area is 131 Å². The SMILES string of the molecule is Brc1cnn(CC2CN(c3nccc4ccccc34)C2)c1. The van der Waals surface area contributed by atoms with Gasteiger partial charge in [0.2, 0.25) is 0 Å². The number of hydrogen-bond donors (Lipinski definition) is 0. The molecule has 1 aliphatic rings. The van der Waals surface area contributed by atoms with E-state index in [0.717, 1.165) is 29.9 Å². The van der Waals surface area contributed by atoms with Gasteiger partial charge in [-0.25, -0.2) is 4.98 Å². The lowest BCUT2D eigenvalue weighted by Crippen LogP contribution is -2.49. The van der Waals surface area contributed by atoms with Crippen LogP contribution in [0.2, 0.25) is 0 Å². The molecule has 1 fully saturated rings. The van der Waals surface area contributed by atoms with Crippen LogP contribution >= 0.6 is 15.9 Å². The number of pyridine rings is 1. The molecule has 1 saturated heterocycles. The van der Waals surface area contributed by atoms with Crippen molar-refractivity contribution in [2.75, 3.05) is 18.0 Å². The molecule has 0 aliphatic carbocycles. The predicted molar refractivity (Wildman–Crippen MR) is 87.4 cm³/mol. The first kappa shape index (κ1) is 12.8. The highest BCUT2D eigenvalue weighted by Crippen LogP contribution is 2.30. The minimum absolute atomic E-state index is 0.637. The Morgan fingerprint density at radius 2 is 2.05 bits per heavy atom. The third-order valence-corrected chi connectivity index (χ3v) is 4.37. The van der Waals surface area contributed by atoms with E-state index in [4.69, 9.17) is 0 Å². The van der Waals surface area contributed by atoms with Crippen LogP contribution in [0.15, 0.2) is 53.4 Å². The Hall–Kier alpha value is -1.88. The van der Waals surface area contributed by atoms with E-state index in [1.54, 1.807) is 0 Å². The molecule has 5 heteroatoms. The number of rotatable bonds is 3. The Bertz CT molecular complexity index is 771. The number of anilines is 1. The number of fused-ring (bicyclic) bond motifs is 1. The van der Waals surface area contributed by atoms with Crippen LogP contribution in [0.25, 0.3) is 10.8 Å².